The number of carbonyl (C=O) groups excluding carboxylic acids is 2. The van der Waals surface area contributed by atoms with E-state index in [2.05, 4.69) is 4.74 Å². The lowest BCUT2D eigenvalue weighted by molar-refractivity contribution is -0.156. The number of ether oxygens (including phenoxy) is 2. The van der Waals surface area contributed by atoms with Crippen molar-refractivity contribution in [2.24, 2.45) is 5.73 Å². The molecule has 0 aromatic heterocycles. The molecule has 1 aromatic rings. The van der Waals surface area contributed by atoms with Crippen molar-refractivity contribution in [1.29, 1.82) is 0 Å². The van der Waals surface area contributed by atoms with E-state index in [-0.39, 0.29) is 6.61 Å². The molecule has 0 radical (unpaired) electrons. The number of rotatable bonds is 4. The van der Waals surface area contributed by atoms with E-state index in [1.807, 2.05) is 18.2 Å². The van der Waals surface area contributed by atoms with Gasteiger partial charge in [-0.2, -0.15) is 0 Å². The molecule has 0 saturated carbocycles. The summed E-state index contributed by atoms with van der Waals surface area (Å²) in [4.78, 5) is 22.2. The maximum absolute atomic E-state index is 11.3. The van der Waals surface area contributed by atoms with Gasteiger partial charge in [0.2, 0.25) is 6.04 Å². The van der Waals surface area contributed by atoms with Gasteiger partial charge in [-0.25, -0.2) is 9.59 Å². The van der Waals surface area contributed by atoms with Gasteiger partial charge in [-0.15, -0.1) is 0 Å². The third kappa shape index (κ3) is 3.36. The Morgan fingerprint density at radius 1 is 1.25 bits per heavy atom. The fourth-order valence-corrected chi connectivity index (χ4v) is 1.04. The van der Waals surface area contributed by atoms with E-state index in [1.54, 1.807) is 12.1 Å². The highest BCUT2D eigenvalue weighted by Crippen LogP contribution is 2.01. The summed E-state index contributed by atoms with van der Waals surface area (Å²) in [7, 11) is 1.16. The molecule has 1 atom stereocenters. The number of benzene rings is 1. The second kappa shape index (κ2) is 5.87. The molecule has 1 aromatic carbocycles. The third-order valence-corrected chi connectivity index (χ3v) is 1.93. The Labute approximate surface area is 93.1 Å². The summed E-state index contributed by atoms with van der Waals surface area (Å²) in [6.45, 7) is 0.0877. The summed E-state index contributed by atoms with van der Waals surface area (Å²) < 4.78 is 9.17. The van der Waals surface area contributed by atoms with Gasteiger partial charge in [0.1, 0.15) is 6.61 Å². The second-order valence-corrected chi connectivity index (χ2v) is 3.09. The Kier molecular flexibility index (Phi) is 4.47. The molecule has 5 nitrogen and oxygen atoms in total. The maximum atomic E-state index is 11.3. The number of methoxy groups -OCH3 is 1. The lowest BCUT2D eigenvalue weighted by Crippen LogP contribution is -2.40. The van der Waals surface area contributed by atoms with Crippen molar-refractivity contribution in [2.45, 2.75) is 12.6 Å². The Morgan fingerprint density at radius 2 is 1.88 bits per heavy atom. The average molecular weight is 223 g/mol. The van der Waals surface area contributed by atoms with Crippen molar-refractivity contribution in [3.63, 3.8) is 0 Å². The largest absolute Gasteiger partial charge is 0.467 e. The van der Waals surface area contributed by atoms with E-state index in [0.29, 0.717) is 0 Å². The fraction of sp³-hybridized carbons (Fsp3) is 0.273. The molecule has 0 saturated heterocycles. The summed E-state index contributed by atoms with van der Waals surface area (Å²) in [5.41, 5.74) is 6.11. The van der Waals surface area contributed by atoms with Crippen LogP contribution in [-0.2, 0) is 25.7 Å². The average Bonchev–Trinajstić information content (AvgIpc) is 2.35. The summed E-state index contributed by atoms with van der Waals surface area (Å²) in [5, 5.41) is 0. The lowest BCUT2D eigenvalue weighted by atomic mass is 10.2. The van der Waals surface area contributed by atoms with Crippen LogP contribution in [0.1, 0.15) is 5.56 Å². The van der Waals surface area contributed by atoms with Gasteiger partial charge in [-0.1, -0.05) is 30.3 Å². The van der Waals surface area contributed by atoms with Gasteiger partial charge in [0.15, 0.2) is 0 Å². The van der Waals surface area contributed by atoms with Gasteiger partial charge >= 0.3 is 11.9 Å². The molecule has 0 bridgehead atoms. The molecule has 1 rings (SSSR count). The van der Waals surface area contributed by atoms with Crippen molar-refractivity contribution in [1.82, 2.24) is 0 Å². The van der Waals surface area contributed by atoms with Crippen LogP contribution in [0.5, 0.6) is 0 Å². The molecule has 0 heterocycles. The van der Waals surface area contributed by atoms with E-state index in [9.17, 15) is 9.59 Å². The van der Waals surface area contributed by atoms with Crippen LogP contribution < -0.4 is 5.73 Å². The van der Waals surface area contributed by atoms with E-state index in [4.69, 9.17) is 10.5 Å². The van der Waals surface area contributed by atoms with Crippen LogP contribution >= 0.6 is 0 Å². The van der Waals surface area contributed by atoms with Gasteiger partial charge in [0.25, 0.3) is 0 Å². The first-order valence-electron chi connectivity index (χ1n) is 4.69. The Hall–Kier alpha value is -1.88. The molecule has 0 fully saturated rings. The zero-order valence-corrected chi connectivity index (χ0v) is 8.88. The minimum atomic E-state index is -1.38. The normalized spacial score (nSPS) is 11.6. The predicted octanol–water partition coefficient (Wildman–Crippen LogP) is 0.230. The smallest absolute Gasteiger partial charge is 0.334 e. The van der Waals surface area contributed by atoms with Gasteiger partial charge in [-0.3, -0.25) is 0 Å². The molecule has 16 heavy (non-hydrogen) atoms. The highest BCUT2D eigenvalue weighted by Gasteiger charge is 2.24. The van der Waals surface area contributed by atoms with E-state index < -0.39 is 18.0 Å². The number of nitrogens with two attached hydrogens (primary N) is 1. The van der Waals surface area contributed by atoms with Gasteiger partial charge < -0.3 is 15.2 Å². The zero-order valence-electron chi connectivity index (χ0n) is 8.88. The van der Waals surface area contributed by atoms with Crippen LogP contribution in [0.2, 0.25) is 0 Å². The molecule has 0 spiro atoms. The van der Waals surface area contributed by atoms with Gasteiger partial charge in [-0.05, 0) is 5.56 Å². The Morgan fingerprint density at radius 3 is 2.44 bits per heavy atom. The van der Waals surface area contributed by atoms with Crippen molar-refractivity contribution < 1.29 is 19.1 Å². The molecule has 2 N–H and O–H groups in total. The Bertz CT molecular complexity index is 364. The highest BCUT2D eigenvalue weighted by atomic mass is 16.5. The highest BCUT2D eigenvalue weighted by molar-refractivity contribution is 5.98. The van der Waals surface area contributed by atoms with E-state index in [0.717, 1.165) is 12.7 Å². The summed E-state index contributed by atoms with van der Waals surface area (Å²) >= 11 is 0. The fourth-order valence-electron chi connectivity index (χ4n) is 1.04. The van der Waals surface area contributed by atoms with Crippen molar-refractivity contribution in [3.8, 4) is 0 Å². The van der Waals surface area contributed by atoms with Crippen LogP contribution in [0, 0.1) is 0 Å². The number of hydrogen-bond donors (Lipinski definition) is 1. The van der Waals surface area contributed by atoms with E-state index >= 15 is 0 Å². The molecule has 0 unspecified atom stereocenters. The van der Waals surface area contributed by atoms with Gasteiger partial charge in [0, 0.05) is 0 Å². The van der Waals surface area contributed by atoms with Crippen LogP contribution in [0.4, 0.5) is 0 Å². The topological polar surface area (TPSA) is 78.6 Å². The maximum Gasteiger partial charge on any atom is 0.334 e. The molecule has 0 aliphatic carbocycles. The monoisotopic (exact) mass is 223 g/mol. The zero-order chi connectivity index (χ0) is 12.0. The first kappa shape index (κ1) is 12.2. The van der Waals surface area contributed by atoms with Crippen LogP contribution in [0.3, 0.4) is 0 Å². The third-order valence-electron chi connectivity index (χ3n) is 1.93. The van der Waals surface area contributed by atoms with Crippen LogP contribution in [0.25, 0.3) is 0 Å². The van der Waals surface area contributed by atoms with Crippen molar-refractivity contribution in [2.75, 3.05) is 7.11 Å². The molecule has 86 valence electrons. The van der Waals surface area contributed by atoms with Gasteiger partial charge in [0.05, 0.1) is 7.11 Å². The number of hydrogen-bond acceptors (Lipinski definition) is 5. The summed E-state index contributed by atoms with van der Waals surface area (Å²) in [6.07, 6.45) is 0. The lowest BCUT2D eigenvalue weighted by Gasteiger charge is -2.09. The minimum absolute atomic E-state index is 0.0877. The molecule has 0 amide bonds. The van der Waals surface area contributed by atoms with Crippen molar-refractivity contribution in [3.05, 3.63) is 35.9 Å². The number of carbonyl (C=O) groups is 2. The van der Waals surface area contributed by atoms with E-state index in [1.165, 1.54) is 0 Å². The molecule has 0 aliphatic heterocycles. The number of esters is 2. The summed E-state index contributed by atoms with van der Waals surface area (Å²) in [6, 6.07) is 7.72. The standard InChI is InChI=1S/C11H13NO4/c1-15-10(13)9(12)11(14)16-7-8-5-3-2-4-6-8/h2-6,9H,7,12H2,1H3/t9-/m1/s1. The van der Waals surface area contributed by atoms with Crippen molar-refractivity contribution >= 4 is 11.9 Å². The second-order valence-electron chi connectivity index (χ2n) is 3.09. The molecule has 0 aliphatic rings. The quantitative estimate of drug-likeness (QED) is 0.584. The molecule has 5 heteroatoms. The first-order valence-corrected chi connectivity index (χ1v) is 4.69. The molecular formula is C11H13NO4. The van der Waals surface area contributed by atoms with Crippen LogP contribution in [-0.4, -0.2) is 25.1 Å². The minimum Gasteiger partial charge on any atom is -0.467 e. The molecular weight excluding hydrogens is 210 g/mol. The SMILES string of the molecule is COC(=O)[C@@H](N)C(=O)OCc1ccccc1. The first-order chi connectivity index (χ1) is 7.65. The Balaban J connectivity index is 2.44. The summed E-state index contributed by atoms with van der Waals surface area (Å²) in [5.74, 6) is -1.60. The van der Waals surface area contributed by atoms with Crippen LogP contribution in [0.15, 0.2) is 30.3 Å². The predicted molar refractivity (Wildman–Crippen MR) is 56.2 cm³/mol.